The molecule has 0 aliphatic heterocycles. The Kier molecular flexibility index (Phi) is 5.52. The van der Waals surface area contributed by atoms with Crippen LogP contribution in [0.1, 0.15) is 20.8 Å². The van der Waals surface area contributed by atoms with E-state index in [2.05, 4.69) is 10.6 Å². The Bertz CT molecular complexity index is 664. The smallest absolute Gasteiger partial charge is 0.247 e. The number of benzene rings is 2. The summed E-state index contributed by atoms with van der Waals surface area (Å²) < 4.78 is 0. The van der Waals surface area contributed by atoms with Crippen molar-refractivity contribution in [1.29, 1.82) is 0 Å². The molecule has 2 N–H and O–H groups in total. The standard InChI is InChI=1S/C19H22N2O2/c1-13(2)18(20-14(3)22)19(23)21-17-11-9-16(10-12-17)15-7-5-4-6-8-15/h4-13,18H,1-3H3,(H,20,22)(H,21,23)/t18-/m1/s1. The van der Waals surface area contributed by atoms with E-state index < -0.39 is 6.04 Å². The van der Waals surface area contributed by atoms with Crippen molar-refractivity contribution in [1.82, 2.24) is 5.32 Å². The number of amides is 2. The lowest BCUT2D eigenvalue weighted by molar-refractivity contribution is -0.126. The fourth-order valence-electron chi connectivity index (χ4n) is 2.35. The first kappa shape index (κ1) is 16.7. The van der Waals surface area contributed by atoms with Crippen molar-refractivity contribution in [2.45, 2.75) is 26.8 Å². The van der Waals surface area contributed by atoms with E-state index >= 15 is 0 Å². The second kappa shape index (κ2) is 7.58. The van der Waals surface area contributed by atoms with Crippen molar-refractivity contribution < 1.29 is 9.59 Å². The zero-order valence-electron chi connectivity index (χ0n) is 13.7. The molecule has 0 radical (unpaired) electrons. The highest BCUT2D eigenvalue weighted by molar-refractivity contribution is 5.97. The van der Waals surface area contributed by atoms with Crippen molar-refractivity contribution in [3.8, 4) is 11.1 Å². The molecule has 0 unspecified atom stereocenters. The maximum atomic E-state index is 12.3. The molecule has 23 heavy (non-hydrogen) atoms. The molecule has 0 saturated heterocycles. The zero-order chi connectivity index (χ0) is 16.8. The Morgan fingerprint density at radius 1 is 0.870 bits per heavy atom. The Morgan fingerprint density at radius 2 is 1.43 bits per heavy atom. The monoisotopic (exact) mass is 310 g/mol. The summed E-state index contributed by atoms with van der Waals surface area (Å²) in [6.07, 6.45) is 0. The molecule has 0 saturated carbocycles. The predicted octanol–water partition coefficient (Wildman–Crippen LogP) is 3.45. The van der Waals surface area contributed by atoms with Gasteiger partial charge in [-0.3, -0.25) is 9.59 Å². The van der Waals surface area contributed by atoms with Gasteiger partial charge in [0, 0.05) is 12.6 Å². The number of anilines is 1. The highest BCUT2D eigenvalue weighted by Gasteiger charge is 2.22. The van der Waals surface area contributed by atoms with E-state index in [9.17, 15) is 9.59 Å². The van der Waals surface area contributed by atoms with Gasteiger partial charge in [-0.05, 0) is 29.2 Å². The Balaban J connectivity index is 2.08. The minimum absolute atomic E-state index is 0.0162. The van der Waals surface area contributed by atoms with Crippen LogP contribution in [0.5, 0.6) is 0 Å². The molecule has 0 spiro atoms. The lowest BCUT2D eigenvalue weighted by Crippen LogP contribution is -2.46. The van der Waals surface area contributed by atoms with Gasteiger partial charge >= 0.3 is 0 Å². The quantitative estimate of drug-likeness (QED) is 0.888. The largest absolute Gasteiger partial charge is 0.344 e. The number of carbonyl (C=O) groups excluding carboxylic acids is 2. The Hall–Kier alpha value is -2.62. The van der Waals surface area contributed by atoms with E-state index in [-0.39, 0.29) is 17.7 Å². The Morgan fingerprint density at radius 3 is 1.96 bits per heavy atom. The van der Waals surface area contributed by atoms with Gasteiger partial charge in [-0.15, -0.1) is 0 Å². The van der Waals surface area contributed by atoms with Crippen LogP contribution in [0, 0.1) is 5.92 Å². The summed E-state index contributed by atoms with van der Waals surface area (Å²) in [7, 11) is 0. The van der Waals surface area contributed by atoms with E-state index in [1.165, 1.54) is 6.92 Å². The molecule has 1 atom stereocenters. The number of hydrogen-bond donors (Lipinski definition) is 2. The number of hydrogen-bond acceptors (Lipinski definition) is 2. The second-order valence-electron chi connectivity index (χ2n) is 5.85. The van der Waals surface area contributed by atoms with Crippen molar-refractivity contribution in [2.75, 3.05) is 5.32 Å². The van der Waals surface area contributed by atoms with Crippen LogP contribution in [0.2, 0.25) is 0 Å². The molecule has 2 aromatic rings. The molecule has 4 heteroatoms. The summed E-state index contributed by atoms with van der Waals surface area (Å²) in [6, 6.07) is 17.2. The maximum absolute atomic E-state index is 12.3. The summed E-state index contributed by atoms with van der Waals surface area (Å²) in [4.78, 5) is 23.5. The SMILES string of the molecule is CC(=O)N[C@@H](C(=O)Nc1ccc(-c2ccccc2)cc1)C(C)C. The molecule has 0 aromatic heterocycles. The highest BCUT2D eigenvalue weighted by Crippen LogP contribution is 2.21. The van der Waals surface area contributed by atoms with Crippen molar-refractivity contribution in [2.24, 2.45) is 5.92 Å². The molecule has 2 rings (SSSR count). The lowest BCUT2D eigenvalue weighted by atomic mass is 10.0. The molecular formula is C19H22N2O2. The van der Waals surface area contributed by atoms with Crippen LogP contribution >= 0.6 is 0 Å². The fourth-order valence-corrected chi connectivity index (χ4v) is 2.35. The molecule has 2 amide bonds. The van der Waals surface area contributed by atoms with Crippen LogP contribution in [0.3, 0.4) is 0 Å². The minimum atomic E-state index is -0.540. The molecule has 4 nitrogen and oxygen atoms in total. The van der Waals surface area contributed by atoms with Crippen LogP contribution in [0.4, 0.5) is 5.69 Å². The summed E-state index contributed by atoms with van der Waals surface area (Å²) in [6.45, 7) is 5.22. The maximum Gasteiger partial charge on any atom is 0.247 e. The van der Waals surface area contributed by atoms with Crippen LogP contribution in [0.25, 0.3) is 11.1 Å². The lowest BCUT2D eigenvalue weighted by Gasteiger charge is -2.21. The van der Waals surface area contributed by atoms with Gasteiger partial charge in [0.15, 0.2) is 0 Å². The second-order valence-corrected chi connectivity index (χ2v) is 5.85. The van der Waals surface area contributed by atoms with E-state index in [1.807, 2.05) is 68.4 Å². The van der Waals surface area contributed by atoms with Crippen molar-refractivity contribution in [3.63, 3.8) is 0 Å². The van der Waals surface area contributed by atoms with Crippen molar-refractivity contribution in [3.05, 3.63) is 54.6 Å². The van der Waals surface area contributed by atoms with Gasteiger partial charge in [-0.2, -0.15) is 0 Å². The number of rotatable bonds is 5. The van der Waals surface area contributed by atoms with E-state index in [4.69, 9.17) is 0 Å². The van der Waals surface area contributed by atoms with Gasteiger partial charge in [0.1, 0.15) is 6.04 Å². The van der Waals surface area contributed by atoms with E-state index in [0.29, 0.717) is 5.69 Å². The Labute approximate surface area is 136 Å². The third kappa shape index (κ3) is 4.68. The van der Waals surface area contributed by atoms with Crippen LogP contribution in [-0.4, -0.2) is 17.9 Å². The number of carbonyl (C=O) groups is 2. The molecule has 0 bridgehead atoms. The molecule has 0 aliphatic rings. The number of nitrogens with one attached hydrogen (secondary N) is 2. The van der Waals surface area contributed by atoms with Gasteiger partial charge in [-0.25, -0.2) is 0 Å². The first-order valence-corrected chi connectivity index (χ1v) is 7.71. The minimum Gasteiger partial charge on any atom is -0.344 e. The molecular weight excluding hydrogens is 288 g/mol. The first-order valence-electron chi connectivity index (χ1n) is 7.71. The third-order valence-electron chi connectivity index (χ3n) is 3.57. The topological polar surface area (TPSA) is 58.2 Å². The molecule has 120 valence electrons. The van der Waals surface area contributed by atoms with Gasteiger partial charge < -0.3 is 10.6 Å². The molecule has 0 fully saturated rings. The van der Waals surface area contributed by atoms with Crippen molar-refractivity contribution >= 4 is 17.5 Å². The molecule has 0 heterocycles. The van der Waals surface area contributed by atoms with Crippen LogP contribution in [0.15, 0.2) is 54.6 Å². The third-order valence-corrected chi connectivity index (χ3v) is 3.57. The normalized spacial score (nSPS) is 11.8. The van der Waals surface area contributed by atoms with Gasteiger partial charge in [-0.1, -0.05) is 56.3 Å². The first-order chi connectivity index (χ1) is 11.0. The average molecular weight is 310 g/mol. The van der Waals surface area contributed by atoms with E-state index in [0.717, 1.165) is 11.1 Å². The summed E-state index contributed by atoms with van der Waals surface area (Å²) in [5, 5.41) is 5.54. The van der Waals surface area contributed by atoms with Gasteiger partial charge in [0.05, 0.1) is 0 Å². The van der Waals surface area contributed by atoms with Gasteiger partial charge in [0.2, 0.25) is 11.8 Å². The van der Waals surface area contributed by atoms with E-state index in [1.54, 1.807) is 0 Å². The van der Waals surface area contributed by atoms with Gasteiger partial charge in [0.25, 0.3) is 0 Å². The average Bonchev–Trinajstić information content (AvgIpc) is 2.53. The van der Waals surface area contributed by atoms with Crippen LogP contribution in [-0.2, 0) is 9.59 Å². The zero-order valence-corrected chi connectivity index (χ0v) is 13.7. The predicted molar refractivity (Wildman–Crippen MR) is 93.0 cm³/mol. The summed E-state index contributed by atoms with van der Waals surface area (Å²) in [5.74, 6) is -0.400. The van der Waals surface area contributed by atoms with Crippen LogP contribution < -0.4 is 10.6 Å². The fraction of sp³-hybridized carbons (Fsp3) is 0.263. The highest BCUT2D eigenvalue weighted by atomic mass is 16.2. The molecule has 2 aromatic carbocycles. The summed E-state index contributed by atoms with van der Waals surface area (Å²) in [5.41, 5.74) is 2.93. The molecule has 0 aliphatic carbocycles. The summed E-state index contributed by atoms with van der Waals surface area (Å²) >= 11 is 0.